The molecule has 0 aliphatic carbocycles. The van der Waals surface area contributed by atoms with Crippen molar-refractivity contribution in [2.24, 2.45) is 7.05 Å². The lowest BCUT2D eigenvalue weighted by molar-refractivity contribution is 0.0935. The molecule has 2 aromatic heterocycles. The van der Waals surface area contributed by atoms with Crippen molar-refractivity contribution in [3.8, 4) is 5.88 Å². The summed E-state index contributed by atoms with van der Waals surface area (Å²) in [6.45, 7) is 2.96. The number of aromatic nitrogens is 3. The number of hydrogen-bond donors (Lipinski definition) is 0. The van der Waals surface area contributed by atoms with E-state index in [4.69, 9.17) is 4.74 Å². The highest BCUT2D eigenvalue weighted by Gasteiger charge is 2.21. The van der Waals surface area contributed by atoms with Gasteiger partial charge >= 0.3 is 0 Å². The summed E-state index contributed by atoms with van der Waals surface area (Å²) in [4.78, 5) is 10.5. The Kier molecular flexibility index (Phi) is 4.68. The van der Waals surface area contributed by atoms with Crippen LogP contribution in [0.25, 0.3) is 0 Å². The summed E-state index contributed by atoms with van der Waals surface area (Å²) < 4.78 is 21.3. The van der Waals surface area contributed by atoms with Gasteiger partial charge in [-0.2, -0.15) is 0 Å². The Hall–Kier alpha value is -1.95. The van der Waals surface area contributed by atoms with Crippen molar-refractivity contribution in [1.82, 2.24) is 19.4 Å². The van der Waals surface area contributed by atoms with Crippen LogP contribution in [0.15, 0.2) is 30.9 Å². The van der Waals surface area contributed by atoms with Crippen LogP contribution in [0.1, 0.15) is 18.5 Å². The molecule has 0 spiro atoms. The van der Waals surface area contributed by atoms with Crippen molar-refractivity contribution in [2.45, 2.75) is 25.4 Å². The number of ether oxygens (including phenoxy) is 1. The molecule has 5 nitrogen and oxygen atoms in total. The third-order valence-electron chi connectivity index (χ3n) is 4.14. The normalized spacial score (nSPS) is 16.8. The van der Waals surface area contributed by atoms with Crippen LogP contribution in [0.5, 0.6) is 5.88 Å². The van der Waals surface area contributed by atoms with E-state index in [-0.39, 0.29) is 17.8 Å². The fraction of sp³-hybridized carbons (Fsp3) is 0.500. The van der Waals surface area contributed by atoms with Gasteiger partial charge in [-0.15, -0.1) is 0 Å². The van der Waals surface area contributed by atoms with Gasteiger partial charge in [0.15, 0.2) is 5.82 Å². The summed E-state index contributed by atoms with van der Waals surface area (Å²) in [6.07, 6.45) is 8.16. The van der Waals surface area contributed by atoms with E-state index in [2.05, 4.69) is 19.4 Å². The minimum Gasteiger partial charge on any atom is -0.472 e. The first-order valence-corrected chi connectivity index (χ1v) is 7.67. The van der Waals surface area contributed by atoms with Gasteiger partial charge in [-0.3, -0.25) is 0 Å². The molecule has 0 atom stereocenters. The van der Waals surface area contributed by atoms with Gasteiger partial charge in [0.1, 0.15) is 6.10 Å². The van der Waals surface area contributed by atoms with E-state index in [9.17, 15) is 4.39 Å². The topological polar surface area (TPSA) is 43.2 Å². The molecule has 22 heavy (non-hydrogen) atoms. The van der Waals surface area contributed by atoms with E-state index in [0.29, 0.717) is 0 Å². The fourth-order valence-electron chi connectivity index (χ4n) is 2.76. The van der Waals surface area contributed by atoms with Gasteiger partial charge in [-0.05, 0) is 25.0 Å². The van der Waals surface area contributed by atoms with Crippen molar-refractivity contribution in [3.63, 3.8) is 0 Å². The molecule has 1 aliphatic rings. The Morgan fingerprint density at radius 2 is 2.18 bits per heavy atom. The molecule has 3 rings (SSSR count). The van der Waals surface area contributed by atoms with Crippen LogP contribution >= 0.6 is 0 Å². The second kappa shape index (κ2) is 6.87. The van der Waals surface area contributed by atoms with Gasteiger partial charge in [0, 0.05) is 51.2 Å². The Morgan fingerprint density at radius 3 is 2.86 bits per heavy atom. The zero-order chi connectivity index (χ0) is 15.4. The average molecular weight is 304 g/mol. The summed E-state index contributed by atoms with van der Waals surface area (Å²) in [5.41, 5.74) is 1.24. The number of piperidine rings is 1. The molecule has 1 aliphatic heterocycles. The minimum absolute atomic E-state index is 0.0531. The van der Waals surface area contributed by atoms with Gasteiger partial charge in [-0.25, -0.2) is 14.4 Å². The summed E-state index contributed by atoms with van der Waals surface area (Å²) in [5.74, 6) is -0.267. The van der Waals surface area contributed by atoms with E-state index in [1.54, 1.807) is 12.3 Å². The van der Waals surface area contributed by atoms with Crippen molar-refractivity contribution in [1.29, 1.82) is 0 Å². The third-order valence-corrected chi connectivity index (χ3v) is 4.14. The van der Waals surface area contributed by atoms with Crippen LogP contribution in [-0.2, 0) is 13.5 Å². The number of pyridine rings is 1. The molecule has 0 N–H and O–H groups in total. The first-order valence-electron chi connectivity index (χ1n) is 7.67. The van der Waals surface area contributed by atoms with Gasteiger partial charge in [-0.1, -0.05) is 0 Å². The van der Waals surface area contributed by atoms with E-state index < -0.39 is 0 Å². The molecule has 118 valence electrons. The first kappa shape index (κ1) is 15.0. The standard InChI is InChI=1S/C16H21FN4O/c1-20-12-18-11-13(20)4-8-21-9-5-14(6-10-21)22-16-15(17)3-2-7-19-16/h2-3,7,11-12,14H,4-6,8-10H2,1H3. The number of aryl methyl sites for hydroxylation is 1. The zero-order valence-corrected chi connectivity index (χ0v) is 12.8. The van der Waals surface area contributed by atoms with Crippen molar-refractivity contribution in [3.05, 3.63) is 42.4 Å². The molecular weight excluding hydrogens is 283 g/mol. The van der Waals surface area contributed by atoms with E-state index >= 15 is 0 Å². The maximum Gasteiger partial charge on any atom is 0.250 e. The van der Waals surface area contributed by atoms with Crippen LogP contribution in [-0.4, -0.2) is 45.2 Å². The summed E-state index contributed by atoms with van der Waals surface area (Å²) in [5, 5.41) is 0. The van der Waals surface area contributed by atoms with Crippen molar-refractivity contribution >= 4 is 0 Å². The number of imidazole rings is 1. The molecule has 2 aromatic rings. The zero-order valence-electron chi connectivity index (χ0n) is 12.8. The first-order chi connectivity index (χ1) is 10.7. The number of halogens is 1. The quantitative estimate of drug-likeness (QED) is 0.848. The monoisotopic (exact) mass is 304 g/mol. The Labute approximate surface area is 129 Å². The van der Waals surface area contributed by atoms with E-state index in [0.717, 1.165) is 38.9 Å². The van der Waals surface area contributed by atoms with Crippen LogP contribution in [0.2, 0.25) is 0 Å². The number of hydrogen-bond acceptors (Lipinski definition) is 4. The largest absolute Gasteiger partial charge is 0.472 e. The lowest BCUT2D eigenvalue weighted by Crippen LogP contribution is -2.39. The Bertz CT molecular complexity index is 608. The molecule has 0 amide bonds. The van der Waals surface area contributed by atoms with Crippen molar-refractivity contribution in [2.75, 3.05) is 19.6 Å². The lowest BCUT2D eigenvalue weighted by Gasteiger charge is -2.31. The van der Waals surface area contributed by atoms with Gasteiger partial charge in [0.05, 0.1) is 6.33 Å². The molecular formula is C16H21FN4O. The lowest BCUT2D eigenvalue weighted by atomic mass is 10.1. The Morgan fingerprint density at radius 1 is 1.36 bits per heavy atom. The van der Waals surface area contributed by atoms with E-state index in [1.165, 1.54) is 11.8 Å². The molecule has 0 unspecified atom stereocenters. The van der Waals surface area contributed by atoms with E-state index in [1.807, 2.05) is 19.6 Å². The Balaban J connectivity index is 1.44. The second-order valence-corrected chi connectivity index (χ2v) is 5.70. The highest BCUT2D eigenvalue weighted by atomic mass is 19.1. The highest BCUT2D eigenvalue weighted by Crippen LogP contribution is 2.19. The maximum absolute atomic E-state index is 13.5. The SMILES string of the molecule is Cn1cncc1CCN1CCC(Oc2ncccc2F)CC1. The predicted molar refractivity (Wildman–Crippen MR) is 81.2 cm³/mol. The number of likely N-dealkylation sites (tertiary alicyclic amines) is 1. The van der Waals surface area contributed by atoms with Crippen LogP contribution < -0.4 is 4.74 Å². The molecule has 6 heteroatoms. The highest BCUT2D eigenvalue weighted by molar-refractivity contribution is 5.13. The predicted octanol–water partition coefficient (Wildman–Crippen LogP) is 2.04. The van der Waals surface area contributed by atoms with Gasteiger partial charge < -0.3 is 14.2 Å². The van der Waals surface area contributed by atoms with Crippen molar-refractivity contribution < 1.29 is 9.13 Å². The molecule has 0 saturated carbocycles. The smallest absolute Gasteiger partial charge is 0.250 e. The number of rotatable bonds is 5. The van der Waals surface area contributed by atoms with Crippen LogP contribution in [0, 0.1) is 5.82 Å². The van der Waals surface area contributed by atoms with Gasteiger partial charge in [0.25, 0.3) is 5.88 Å². The minimum atomic E-state index is -0.388. The molecule has 1 fully saturated rings. The third kappa shape index (κ3) is 3.62. The van der Waals surface area contributed by atoms with Crippen LogP contribution in [0.3, 0.4) is 0 Å². The second-order valence-electron chi connectivity index (χ2n) is 5.70. The molecule has 0 radical (unpaired) electrons. The molecule has 3 heterocycles. The maximum atomic E-state index is 13.5. The summed E-state index contributed by atoms with van der Waals surface area (Å²) in [6, 6.07) is 2.95. The van der Waals surface area contributed by atoms with Gasteiger partial charge in [0.2, 0.25) is 0 Å². The number of nitrogens with zero attached hydrogens (tertiary/aromatic N) is 4. The molecule has 0 aromatic carbocycles. The summed E-state index contributed by atoms with van der Waals surface area (Å²) in [7, 11) is 2.02. The van der Waals surface area contributed by atoms with Crippen LogP contribution in [0.4, 0.5) is 4.39 Å². The molecule has 0 bridgehead atoms. The fourth-order valence-corrected chi connectivity index (χ4v) is 2.76. The summed E-state index contributed by atoms with van der Waals surface area (Å²) >= 11 is 0. The average Bonchev–Trinajstić information content (AvgIpc) is 2.94. The molecule has 1 saturated heterocycles.